The molecule has 0 aliphatic rings. The summed E-state index contributed by atoms with van der Waals surface area (Å²) in [7, 11) is 0. The van der Waals surface area contributed by atoms with Gasteiger partial charge in [-0.15, -0.1) is 6.42 Å². The number of terminal acetylenes is 1. The lowest BCUT2D eigenvalue weighted by molar-refractivity contribution is 0.232. The van der Waals surface area contributed by atoms with Crippen molar-refractivity contribution in [2.45, 2.75) is 6.10 Å². The van der Waals surface area contributed by atoms with Crippen LogP contribution in [0.4, 0.5) is 4.39 Å². The number of aliphatic hydroxyl groups excluding tert-OH is 1. The molecule has 1 rings (SSSR count). The number of hydrogen-bond acceptors (Lipinski definition) is 2. The van der Waals surface area contributed by atoms with Crippen molar-refractivity contribution < 1.29 is 9.50 Å². The molecule has 0 bridgehead atoms. The largest absolute Gasteiger partial charge is 0.376 e. The topological polar surface area (TPSA) is 33.1 Å². The molecule has 0 aliphatic carbocycles. The maximum atomic E-state index is 12.7. The highest BCUT2D eigenvalue weighted by Gasteiger charge is 2.07. The van der Waals surface area contributed by atoms with Crippen LogP contribution in [-0.2, 0) is 0 Å². The molecule has 0 saturated carbocycles. The van der Waals surface area contributed by atoms with E-state index >= 15 is 0 Å². The van der Waals surface area contributed by atoms with Gasteiger partial charge in [0, 0.05) is 11.8 Å². The van der Waals surface area contributed by atoms with Gasteiger partial charge in [0.25, 0.3) is 0 Å². The van der Waals surface area contributed by atoms with Crippen molar-refractivity contribution >= 4 is 0 Å². The fraction of sp³-hybridized carbons (Fsp3) is 0.125. The molecule has 0 fully saturated rings. The summed E-state index contributed by atoms with van der Waals surface area (Å²) in [6.07, 6.45) is 6.09. The molecule has 0 saturated heterocycles. The first-order chi connectivity index (χ1) is 5.25. The van der Waals surface area contributed by atoms with Gasteiger partial charge in [-0.25, -0.2) is 4.39 Å². The van der Waals surface area contributed by atoms with Gasteiger partial charge >= 0.3 is 0 Å². The molecule has 0 radical (unpaired) electrons. The van der Waals surface area contributed by atoms with E-state index in [2.05, 4.69) is 4.98 Å². The summed E-state index contributed by atoms with van der Waals surface area (Å²) in [5.74, 6) is 1.42. The van der Waals surface area contributed by atoms with Crippen LogP contribution in [-0.4, -0.2) is 10.1 Å². The summed E-state index contributed by atoms with van der Waals surface area (Å²) in [4.78, 5) is 3.51. The minimum absolute atomic E-state index is 0.0856. The Kier molecular flexibility index (Phi) is 2.19. The number of halogens is 1. The van der Waals surface area contributed by atoms with E-state index in [0.29, 0.717) is 0 Å². The molecule has 0 unspecified atom stereocenters. The van der Waals surface area contributed by atoms with Gasteiger partial charge in [0.05, 0.1) is 6.20 Å². The molecule has 1 N–H and O–H groups in total. The Morgan fingerprint density at radius 2 is 2.45 bits per heavy atom. The Bertz CT molecular complexity index is 292. The molecule has 2 nitrogen and oxygen atoms in total. The van der Waals surface area contributed by atoms with Gasteiger partial charge in [-0.2, -0.15) is 0 Å². The highest BCUT2D eigenvalue weighted by atomic mass is 19.1. The third-order valence-electron chi connectivity index (χ3n) is 1.26. The van der Waals surface area contributed by atoms with E-state index in [0.717, 1.165) is 6.20 Å². The van der Waals surface area contributed by atoms with Crippen LogP contribution < -0.4 is 0 Å². The minimum Gasteiger partial charge on any atom is -0.376 e. The van der Waals surface area contributed by atoms with E-state index in [4.69, 9.17) is 11.5 Å². The molecule has 56 valence electrons. The van der Waals surface area contributed by atoms with Gasteiger partial charge in [-0.1, -0.05) is 5.92 Å². The number of rotatable bonds is 1. The molecular formula is C8H6FNO. The van der Waals surface area contributed by atoms with E-state index in [1.165, 1.54) is 12.3 Å². The lowest BCUT2D eigenvalue weighted by Crippen LogP contribution is -1.97. The van der Waals surface area contributed by atoms with Crippen molar-refractivity contribution in [3.63, 3.8) is 0 Å². The lowest BCUT2D eigenvalue weighted by Gasteiger charge is -2.02. The fourth-order valence-electron chi connectivity index (χ4n) is 0.697. The van der Waals surface area contributed by atoms with Crippen molar-refractivity contribution in [2.24, 2.45) is 0 Å². The molecular weight excluding hydrogens is 145 g/mol. The van der Waals surface area contributed by atoms with Crippen LogP contribution in [0.5, 0.6) is 0 Å². The van der Waals surface area contributed by atoms with Crippen LogP contribution in [0.25, 0.3) is 0 Å². The van der Waals surface area contributed by atoms with Crippen LogP contribution in [0.15, 0.2) is 18.5 Å². The van der Waals surface area contributed by atoms with E-state index in [1.54, 1.807) is 0 Å². The van der Waals surface area contributed by atoms with Crippen molar-refractivity contribution in [3.05, 3.63) is 29.8 Å². The van der Waals surface area contributed by atoms with E-state index < -0.39 is 11.9 Å². The Morgan fingerprint density at radius 3 is 3.00 bits per heavy atom. The Morgan fingerprint density at radius 1 is 1.73 bits per heavy atom. The van der Waals surface area contributed by atoms with Gasteiger partial charge in [0.2, 0.25) is 0 Å². The normalized spacial score (nSPS) is 12.1. The molecule has 0 aromatic carbocycles. The average Bonchev–Trinajstić information content (AvgIpc) is 2.04. The van der Waals surface area contributed by atoms with Crippen LogP contribution >= 0.6 is 0 Å². The van der Waals surface area contributed by atoms with Gasteiger partial charge < -0.3 is 5.11 Å². The maximum absolute atomic E-state index is 12.7. The zero-order valence-corrected chi connectivity index (χ0v) is 5.66. The van der Waals surface area contributed by atoms with Gasteiger partial charge in [-0.3, -0.25) is 4.98 Å². The first-order valence-corrected chi connectivity index (χ1v) is 2.99. The van der Waals surface area contributed by atoms with E-state index in [-0.39, 0.29) is 5.56 Å². The van der Waals surface area contributed by atoms with Crippen molar-refractivity contribution in [1.29, 1.82) is 0 Å². The first-order valence-electron chi connectivity index (χ1n) is 2.99. The average molecular weight is 151 g/mol. The third kappa shape index (κ3) is 1.54. The molecule has 1 aromatic heterocycles. The Hall–Kier alpha value is -1.40. The molecule has 0 aliphatic heterocycles. The molecule has 1 aromatic rings. The number of nitrogens with zero attached hydrogens (tertiary/aromatic N) is 1. The Balaban J connectivity index is 3.05. The molecule has 3 heteroatoms. The third-order valence-corrected chi connectivity index (χ3v) is 1.26. The molecule has 0 amide bonds. The smallest absolute Gasteiger partial charge is 0.148 e. The van der Waals surface area contributed by atoms with E-state index in [9.17, 15) is 4.39 Å². The highest BCUT2D eigenvalue weighted by Crippen LogP contribution is 2.13. The summed E-state index contributed by atoms with van der Waals surface area (Å²) < 4.78 is 12.7. The predicted molar refractivity (Wildman–Crippen MR) is 38.0 cm³/mol. The van der Waals surface area contributed by atoms with Crippen LogP contribution in [0.1, 0.15) is 11.7 Å². The van der Waals surface area contributed by atoms with E-state index in [1.807, 2.05) is 5.92 Å². The van der Waals surface area contributed by atoms with Crippen LogP contribution in [0, 0.1) is 18.2 Å². The molecule has 1 atom stereocenters. The lowest BCUT2D eigenvalue weighted by atomic mass is 10.1. The molecule has 1 heterocycles. The Labute approximate surface area is 63.7 Å². The number of pyridine rings is 1. The van der Waals surface area contributed by atoms with Crippen molar-refractivity contribution in [3.8, 4) is 12.3 Å². The quantitative estimate of drug-likeness (QED) is 0.604. The van der Waals surface area contributed by atoms with Gasteiger partial charge in [0.1, 0.15) is 11.9 Å². The zero-order chi connectivity index (χ0) is 8.27. The standard InChI is InChI=1S/C8H6FNO/c1-2-8(11)6-3-4-10-5-7(6)9/h1,3-5,8,11H/t8-/m0/s1. The zero-order valence-electron chi connectivity index (χ0n) is 5.66. The summed E-state index contributed by atoms with van der Waals surface area (Å²) in [5, 5.41) is 9.01. The van der Waals surface area contributed by atoms with Crippen LogP contribution in [0.2, 0.25) is 0 Å². The number of aliphatic hydroxyl groups is 1. The predicted octanol–water partition coefficient (Wildman–Crippen LogP) is 0.887. The SMILES string of the molecule is C#C[C@H](O)c1ccncc1F. The number of aromatic nitrogens is 1. The molecule has 11 heavy (non-hydrogen) atoms. The van der Waals surface area contributed by atoms with Crippen molar-refractivity contribution in [1.82, 2.24) is 4.98 Å². The maximum Gasteiger partial charge on any atom is 0.148 e. The minimum atomic E-state index is -1.18. The first kappa shape index (κ1) is 7.70. The highest BCUT2D eigenvalue weighted by molar-refractivity contribution is 5.21. The monoisotopic (exact) mass is 151 g/mol. The van der Waals surface area contributed by atoms with Crippen LogP contribution in [0.3, 0.4) is 0 Å². The fourth-order valence-corrected chi connectivity index (χ4v) is 0.697. The summed E-state index contributed by atoms with van der Waals surface area (Å²) in [6.45, 7) is 0. The second kappa shape index (κ2) is 3.13. The summed E-state index contributed by atoms with van der Waals surface area (Å²) in [5.41, 5.74) is 0.0856. The molecule has 0 spiro atoms. The van der Waals surface area contributed by atoms with Crippen molar-refractivity contribution in [2.75, 3.05) is 0 Å². The van der Waals surface area contributed by atoms with Gasteiger partial charge in [0.15, 0.2) is 0 Å². The number of hydrogen-bond donors (Lipinski definition) is 1. The summed E-state index contributed by atoms with van der Waals surface area (Å²) in [6, 6.07) is 1.35. The second-order valence-corrected chi connectivity index (χ2v) is 1.97. The van der Waals surface area contributed by atoms with Gasteiger partial charge in [-0.05, 0) is 6.07 Å². The second-order valence-electron chi connectivity index (χ2n) is 1.97. The summed E-state index contributed by atoms with van der Waals surface area (Å²) >= 11 is 0.